The zero-order chi connectivity index (χ0) is 8.27. The highest BCUT2D eigenvalue weighted by molar-refractivity contribution is 7.99. The van der Waals surface area contributed by atoms with Gasteiger partial charge >= 0.3 is 0 Å². The van der Waals surface area contributed by atoms with Gasteiger partial charge in [0.25, 0.3) is 0 Å². The van der Waals surface area contributed by atoms with Crippen LogP contribution in [-0.4, -0.2) is 40.5 Å². The van der Waals surface area contributed by atoms with E-state index in [0.717, 1.165) is 17.9 Å². The zero-order valence-corrected chi connectivity index (χ0v) is 7.26. The number of nitrogens with two attached hydrogens (primary N) is 1. The number of aliphatic hydroxyl groups excluding tert-OH is 2. The van der Waals surface area contributed by atoms with Crippen LogP contribution in [0.1, 0.15) is 6.42 Å². The standard InChI is InChI=1S/C7H15NO2S/c8-6(3-9)7(10)5-1-2-11-4-5/h5-7,9-10H,1-4,8H2. The van der Waals surface area contributed by atoms with Gasteiger partial charge in [-0.15, -0.1) is 0 Å². The van der Waals surface area contributed by atoms with E-state index >= 15 is 0 Å². The smallest absolute Gasteiger partial charge is 0.0749 e. The van der Waals surface area contributed by atoms with E-state index in [1.165, 1.54) is 0 Å². The molecule has 0 aliphatic carbocycles. The van der Waals surface area contributed by atoms with Gasteiger partial charge in [-0.2, -0.15) is 11.8 Å². The fourth-order valence-electron chi connectivity index (χ4n) is 1.28. The molecule has 0 amide bonds. The second-order valence-corrected chi connectivity index (χ2v) is 4.11. The summed E-state index contributed by atoms with van der Waals surface area (Å²) in [6, 6.07) is -0.460. The first-order valence-electron chi connectivity index (χ1n) is 3.88. The molecule has 4 heteroatoms. The molecule has 0 saturated carbocycles. The van der Waals surface area contributed by atoms with Crippen molar-refractivity contribution in [2.75, 3.05) is 18.1 Å². The summed E-state index contributed by atoms with van der Waals surface area (Å²) in [5, 5.41) is 18.2. The van der Waals surface area contributed by atoms with Crippen molar-refractivity contribution in [3.05, 3.63) is 0 Å². The minimum Gasteiger partial charge on any atom is -0.395 e. The van der Waals surface area contributed by atoms with Gasteiger partial charge in [-0.25, -0.2) is 0 Å². The molecule has 0 aromatic carbocycles. The van der Waals surface area contributed by atoms with Crippen molar-refractivity contribution < 1.29 is 10.2 Å². The Balaban J connectivity index is 2.32. The van der Waals surface area contributed by atoms with Crippen molar-refractivity contribution in [2.24, 2.45) is 11.7 Å². The summed E-state index contributed by atoms with van der Waals surface area (Å²) in [5.41, 5.74) is 5.49. The molecule has 1 aliphatic heterocycles. The van der Waals surface area contributed by atoms with Crippen LogP contribution in [0.5, 0.6) is 0 Å². The molecule has 1 heterocycles. The SMILES string of the molecule is NC(CO)C(O)C1CCSC1. The van der Waals surface area contributed by atoms with E-state index < -0.39 is 12.1 Å². The van der Waals surface area contributed by atoms with E-state index in [-0.39, 0.29) is 6.61 Å². The predicted octanol–water partition coefficient (Wildman–Crippen LogP) is -0.580. The molecule has 11 heavy (non-hydrogen) atoms. The van der Waals surface area contributed by atoms with Gasteiger partial charge in [0.2, 0.25) is 0 Å². The van der Waals surface area contributed by atoms with Crippen LogP contribution in [0.25, 0.3) is 0 Å². The molecule has 0 radical (unpaired) electrons. The highest BCUT2D eigenvalue weighted by Crippen LogP contribution is 2.26. The van der Waals surface area contributed by atoms with E-state index in [1.807, 2.05) is 11.8 Å². The Hall–Kier alpha value is 0.230. The molecule has 1 saturated heterocycles. The number of rotatable bonds is 3. The summed E-state index contributed by atoms with van der Waals surface area (Å²) in [6.07, 6.45) is 0.509. The Kier molecular flexibility index (Phi) is 3.65. The average molecular weight is 177 g/mol. The highest BCUT2D eigenvalue weighted by Gasteiger charge is 2.27. The van der Waals surface area contributed by atoms with Crippen molar-refractivity contribution in [1.29, 1.82) is 0 Å². The van der Waals surface area contributed by atoms with Crippen LogP contribution in [0.15, 0.2) is 0 Å². The lowest BCUT2D eigenvalue weighted by Gasteiger charge is -2.21. The summed E-state index contributed by atoms with van der Waals surface area (Å²) in [7, 11) is 0. The lowest BCUT2D eigenvalue weighted by Crippen LogP contribution is -2.42. The summed E-state index contributed by atoms with van der Waals surface area (Å²) >= 11 is 1.84. The molecule has 0 aromatic heterocycles. The fraction of sp³-hybridized carbons (Fsp3) is 1.00. The Morgan fingerprint density at radius 3 is 2.82 bits per heavy atom. The first kappa shape index (κ1) is 9.32. The zero-order valence-electron chi connectivity index (χ0n) is 6.44. The minimum atomic E-state index is -0.519. The minimum absolute atomic E-state index is 0.123. The molecule has 3 nitrogen and oxygen atoms in total. The van der Waals surface area contributed by atoms with Crippen molar-refractivity contribution in [3.63, 3.8) is 0 Å². The van der Waals surface area contributed by atoms with E-state index in [2.05, 4.69) is 0 Å². The van der Waals surface area contributed by atoms with Crippen molar-refractivity contribution in [3.8, 4) is 0 Å². The second-order valence-electron chi connectivity index (χ2n) is 2.96. The maximum atomic E-state index is 9.52. The Morgan fingerprint density at radius 2 is 2.36 bits per heavy atom. The van der Waals surface area contributed by atoms with Crippen molar-refractivity contribution >= 4 is 11.8 Å². The van der Waals surface area contributed by atoms with Crippen LogP contribution in [-0.2, 0) is 0 Å². The van der Waals surface area contributed by atoms with Crippen LogP contribution in [0, 0.1) is 5.92 Å². The van der Waals surface area contributed by atoms with Gasteiger partial charge in [-0.3, -0.25) is 0 Å². The molecule has 3 unspecified atom stereocenters. The molecule has 3 atom stereocenters. The van der Waals surface area contributed by atoms with E-state index in [1.54, 1.807) is 0 Å². The Morgan fingerprint density at radius 1 is 1.64 bits per heavy atom. The number of aliphatic hydroxyl groups is 2. The van der Waals surface area contributed by atoms with Gasteiger partial charge < -0.3 is 15.9 Å². The summed E-state index contributed by atoms with van der Waals surface area (Å²) < 4.78 is 0. The van der Waals surface area contributed by atoms with E-state index in [0.29, 0.717) is 5.92 Å². The first-order chi connectivity index (χ1) is 5.25. The molecule has 0 spiro atoms. The molecule has 4 N–H and O–H groups in total. The monoisotopic (exact) mass is 177 g/mol. The molecule has 0 aromatic rings. The van der Waals surface area contributed by atoms with Crippen LogP contribution in [0.2, 0.25) is 0 Å². The third kappa shape index (κ3) is 2.33. The molecule has 66 valence electrons. The fourth-order valence-corrected chi connectivity index (χ4v) is 2.58. The van der Waals surface area contributed by atoms with E-state index in [4.69, 9.17) is 10.8 Å². The number of hydrogen-bond donors (Lipinski definition) is 3. The Labute approximate surface area is 71.0 Å². The average Bonchev–Trinajstić information content (AvgIpc) is 2.53. The van der Waals surface area contributed by atoms with Gasteiger partial charge in [0.1, 0.15) is 0 Å². The first-order valence-corrected chi connectivity index (χ1v) is 5.03. The summed E-state index contributed by atoms with van der Waals surface area (Å²) in [4.78, 5) is 0. The maximum absolute atomic E-state index is 9.52. The molecule has 1 fully saturated rings. The second kappa shape index (κ2) is 4.30. The topological polar surface area (TPSA) is 66.5 Å². The maximum Gasteiger partial charge on any atom is 0.0749 e. The van der Waals surface area contributed by atoms with E-state index in [9.17, 15) is 5.11 Å². The third-order valence-corrected chi connectivity index (χ3v) is 3.29. The normalized spacial score (nSPS) is 30.3. The predicted molar refractivity (Wildman–Crippen MR) is 46.5 cm³/mol. The van der Waals surface area contributed by atoms with Gasteiger partial charge in [-0.05, 0) is 23.8 Å². The van der Waals surface area contributed by atoms with Gasteiger partial charge in [0.15, 0.2) is 0 Å². The number of thioether (sulfide) groups is 1. The third-order valence-electron chi connectivity index (χ3n) is 2.10. The highest BCUT2D eigenvalue weighted by atomic mass is 32.2. The summed E-state index contributed by atoms with van der Waals surface area (Å²) in [6.45, 7) is -0.123. The van der Waals surface area contributed by atoms with Gasteiger partial charge in [0.05, 0.1) is 18.8 Å². The van der Waals surface area contributed by atoms with Gasteiger partial charge in [0, 0.05) is 0 Å². The van der Waals surface area contributed by atoms with Crippen LogP contribution >= 0.6 is 11.8 Å². The van der Waals surface area contributed by atoms with Gasteiger partial charge in [-0.1, -0.05) is 0 Å². The van der Waals surface area contributed by atoms with Crippen LogP contribution in [0.3, 0.4) is 0 Å². The summed E-state index contributed by atoms with van der Waals surface area (Å²) in [5.74, 6) is 2.39. The molecule has 0 bridgehead atoms. The van der Waals surface area contributed by atoms with Crippen LogP contribution < -0.4 is 5.73 Å². The molecule has 1 aliphatic rings. The van der Waals surface area contributed by atoms with Crippen molar-refractivity contribution in [2.45, 2.75) is 18.6 Å². The molecular weight excluding hydrogens is 162 g/mol. The quantitative estimate of drug-likeness (QED) is 0.539. The van der Waals surface area contributed by atoms with Crippen molar-refractivity contribution in [1.82, 2.24) is 0 Å². The number of hydrogen-bond acceptors (Lipinski definition) is 4. The lowest BCUT2D eigenvalue weighted by atomic mass is 9.97. The largest absolute Gasteiger partial charge is 0.395 e. The Bertz CT molecular complexity index is 117. The van der Waals surface area contributed by atoms with Crippen LogP contribution in [0.4, 0.5) is 0 Å². The lowest BCUT2D eigenvalue weighted by molar-refractivity contribution is 0.0680. The molecular formula is C7H15NO2S. The molecule has 1 rings (SSSR count).